The van der Waals surface area contributed by atoms with Gasteiger partial charge in [-0.25, -0.2) is 4.98 Å². The Balaban J connectivity index is 1.93. The second-order valence-corrected chi connectivity index (χ2v) is 5.69. The standard InChI is InChI=1S/C15H17ClN4O/c1-19-6-8-20(9-7-19)15-17-13(10-14(21)18-15)11-2-4-12(16)5-3-11/h2-5,10H,6-9H2,1H3,(H,17,18,21). The molecule has 1 saturated heterocycles. The van der Waals surface area contributed by atoms with E-state index in [1.807, 2.05) is 12.1 Å². The molecule has 21 heavy (non-hydrogen) atoms. The minimum atomic E-state index is -0.135. The van der Waals surface area contributed by atoms with E-state index in [-0.39, 0.29) is 5.56 Å². The van der Waals surface area contributed by atoms with Crippen molar-refractivity contribution in [3.05, 3.63) is 45.7 Å². The van der Waals surface area contributed by atoms with Crippen molar-refractivity contribution in [3.8, 4) is 11.3 Å². The fraction of sp³-hybridized carbons (Fsp3) is 0.333. The van der Waals surface area contributed by atoms with Crippen LogP contribution >= 0.6 is 11.6 Å². The van der Waals surface area contributed by atoms with Crippen LogP contribution in [0.4, 0.5) is 5.95 Å². The number of aromatic amines is 1. The fourth-order valence-electron chi connectivity index (χ4n) is 2.38. The second kappa shape index (κ2) is 5.87. The largest absolute Gasteiger partial charge is 0.340 e. The molecular formula is C15H17ClN4O. The van der Waals surface area contributed by atoms with Crippen LogP contribution in [0.15, 0.2) is 35.1 Å². The van der Waals surface area contributed by atoms with E-state index >= 15 is 0 Å². The van der Waals surface area contributed by atoms with Crippen LogP contribution in [0, 0.1) is 0 Å². The van der Waals surface area contributed by atoms with Gasteiger partial charge in [0.2, 0.25) is 5.95 Å². The third-order valence-electron chi connectivity index (χ3n) is 3.67. The lowest BCUT2D eigenvalue weighted by molar-refractivity contribution is 0.311. The summed E-state index contributed by atoms with van der Waals surface area (Å²) in [6.45, 7) is 3.66. The van der Waals surface area contributed by atoms with E-state index in [2.05, 4.69) is 26.8 Å². The third kappa shape index (κ3) is 3.25. The Bertz CT molecular complexity index is 675. The molecule has 2 heterocycles. The van der Waals surface area contributed by atoms with Crippen molar-refractivity contribution in [2.24, 2.45) is 0 Å². The van der Waals surface area contributed by atoms with Gasteiger partial charge in [-0.05, 0) is 19.2 Å². The first-order chi connectivity index (χ1) is 10.1. The first kappa shape index (κ1) is 14.1. The van der Waals surface area contributed by atoms with Crippen molar-refractivity contribution < 1.29 is 0 Å². The lowest BCUT2D eigenvalue weighted by Crippen LogP contribution is -2.45. The topological polar surface area (TPSA) is 52.2 Å². The number of piperazine rings is 1. The molecule has 0 amide bonds. The molecule has 1 aliphatic rings. The van der Waals surface area contributed by atoms with Gasteiger partial charge in [0, 0.05) is 42.8 Å². The molecule has 0 aliphatic carbocycles. The number of halogens is 1. The molecule has 110 valence electrons. The quantitative estimate of drug-likeness (QED) is 0.920. The maximum Gasteiger partial charge on any atom is 0.252 e. The predicted octanol–water partition coefficient (Wildman–Crippen LogP) is 1.84. The highest BCUT2D eigenvalue weighted by molar-refractivity contribution is 6.30. The van der Waals surface area contributed by atoms with Crippen LogP contribution in [0.25, 0.3) is 11.3 Å². The van der Waals surface area contributed by atoms with E-state index in [1.54, 1.807) is 12.1 Å². The van der Waals surface area contributed by atoms with Gasteiger partial charge in [0.15, 0.2) is 0 Å². The average molecular weight is 305 g/mol. The van der Waals surface area contributed by atoms with Gasteiger partial charge in [0.1, 0.15) is 0 Å². The minimum Gasteiger partial charge on any atom is -0.340 e. The van der Waals surface area contributed by atoms with E-state index in [9.17, 15) is 4.79 Å². The molecule has 0 radical (unpaired) electrons. The summed E-state index contributed by atoms with van der Waals surface area (Å²) in [5.74, 6) is 0.639. The van der Waals surface area contributed by atoms with Gasteiger partial charge < -0.3 is 9.80 Å². The number of nitrogens with zero attached hydrogens (tertiary/aromatic N) is 3. The van der Waals surface area contributed by atoms with Crippen LogP contribution in [-0.2, 0) is 0 Å². The molecule has 1 N–H and O–H groups in total. The van der Waals surface area contributed by atoms with Crippen LogP contribution in [0.5, 0.6) is 0 Å². The van der Waals surface area contributed by atoms with Crippen molar-refractivity contribution in [1.82, 2.24) is 14.9 Å². The Morgan fingerprint density at radius 3 is 2.48 bits per heavy atom. The molecule has 0 atom stereocenters. The molecule has 2 aromatic rings. The summed E-state index contributed by atoms with van der Waals surface area (Å²) < 4.78 is 0. The van der Waals surface area contributed by atoms with Gasteiger partial charge in [-0.3, -0.25) is 9.78 Å². The first-order valence-electron chi connectivity index (χ1n) is 6.92. The van der Waals surface area contributed by atoms with Crippen molar-refractivity contribution in [2.75, 3.05) is 38.1 Å². The fourth-order valence-corrected chi connectivity index (χ4v) is 2.51. The summed E-state index contributed by atoms with van der Waals surface area (Å²) in [6, 6.07) is 8.86. The Labute approximate surface area is 128 Å². The van der Waals surface area contributed by atoms with Gasteiger partial charge >= 0.3 is 0 Å². The summed E-state index contributed by atoms with van der Waals surface area (Å²) in [6.07, 6.45) is 0. The molecule has 1 aromatic carbocycles. The van der Waals surface area contributed by atoms with Crippen molar-refractivity contribution in [2.45, 2.75) is 0 Å². The highest BCUT2D eigenvalue weighted by atomic mass is 35.5. The Kier molecular flexibility index (Phi) is 3.94. The lowest BCUT2D eigenvalue weighted by Gasteiger charge is -2.32. The van der Waals surface area contributed by atoms with E-state index < -0.39 is 0 Å². The smallest absolute Gasteiger partial charge is 0.252 e. The van der Waals surface area contributed by atoms with Crippen LogP contribution in [0.3, 0.4) is 0 Å². The van der Waals surface area contributed by atoms with E-state index in [1.165, 1.54) is 6.07 Å². The SMILES string of the molecule is CN1CCN(c2nc(-c3ccc(Cl)cc3)cc(=O)[nH]2)CC1. The number of hydrogen-bond acceptors (Lipinski definition) is 4. The summed E-state index contributed by atoms with van der Waals surface area (Å²) in [4.78, 5) is 23.7. The zero-order valence-electron chi connectivity index (χ0n) is 11.8. The summed E-state index contributed by atoms with van der Waals surface area (Å²) >= 11 is 5.90. The highest BCUT2D eigenvalue weighted by Gasteiger charge is 2.17. The number of aromatic nitrogens is 2. The number of rotatable bonds is 2. The number of nitrogens with one attached hydrogen (secondary N) is 1. The molecule has 0 unspecified atom stereocenters. The number of likely N-dealkylation sites (N-methyl/N-ethyl adjacent to an activating group) is 1. The number of benzene rings is 1. The molecule has 0 spiro atoms. The predicted molar refractivity (Wildman–Crippen MR) is 85.0 cm³/mol. The van der Waals surface area contributed by atoms with Gasteiger partial charge in [-0.1, -0.05) is 23.7 Å². The molecule has 0 saturated carbocycles. The van der Waals surface area contributed by atoms with Crippen LogP contribution < -0.4 is 10.5 Å². The molecule has 6 heteroatoms. The second-order valence-electron chi connectivity index (χ2n) is 5.25. The van der Waals surface area contributed by atoms with Crippen molar-refractivity contribution in [1.29, 1.82) is 0 Å². The molecule has 1 aromatic heterocycles. The average Bonchev–Trinajstić information content (AvgIpc) is 2.48. The number of anilines is 1. The maximum atomic E-state index is 11.9. The molecule has 1 fully saturated rings. The van der Waals surface area contributed by atoms with Crippen LogP contribution in [-0.4, -0.2) is 48.1 Å². The zero-order chi connectivity index (χ0) is 14.8. The maximum absolute atomic E-state index is 11.9. The Morgan fingerprint density at radius 2 is 1.81 bits per heavy atom. The van der Waals surface area contributed by atoms with Gasteiger partial charge in [0.25, 0.3) is 5.56 Å². The van der Waals surface area contributed by atoms with Crippen molar-refractivity contribution in [3.63, 3.8) is 0 Å². The minimum absolute atomic E-state index is 0.135. The van der Waals surface area contributed by atoms with E-state index in [0.29, 0.717) is 16.7 Å². The van der Waals surface area contributed by atoms with E-state index in [0.717, 1.165) is 31.7 Å². The molecule has 1 aliphatic heterocycles. The normalized spacial score (nSPS) is 16.2. The Morgan fingerprint density at radius 1 is 1.14 bits per heavy atom. The molecule has 3 rings (SSSR count). The monoisotopic (exact) mass is 304 g/mol. The van der Waals surface area contributed by atoms with Gasteiger partial charge in [-0.2, -0.15) is 0 Å². The lowest BCUT2D eigenvalue weighted by atomic mass is 10.1. The van der Waals surface area contributed by atoms with E-state index in [4.69, 9.17) is 11.6 Å². The van der Waals surface area contributed by atoms with Gasteiger partial charge in [-0.15, -0.1) is 0 Å². The highest BCUT2D eigenvalue weighted by Crippen LogP contribution is 2.20. The molecule has 0 bridgehead atoms. The third-order valence-corrected chi connectivity index (χ3v) is 3.92. The first-order valence-corrected chi connectivity index (χ1v) is 7.30. The zero-order valence-corrected chi connectivity index (χ0v) is 12.6. The molecule has 5 nitrogen and oxygen atoms in total. The van der Waals surface area contributed by atoms with Crippen LogP contribution in [0.2, 0.25) is 5.02 Å². The Hall–Kier alpha value is -1.85. The van der Waals surface area contributed by atoms with Crippen molar-refractivity contribution >= 4 is 17.5 Å². The summed E-state index contributed by atoms with van der Waals surface area (Å²) in [5, 5.41) is 0.669. The molecular weight excluding hydrogens is 288 g/mol. The summed E-state index contributed by atoms with van der Waals surface area (Å²) in [7, 11) is 2.09. The summed E-state index contributed by atoms with van der Waals surface area (Å²) in [5.41, 5.74) is 1.43. The van der Waals surface area contributed by atoms with Crippen LogP contribution in [0.1, 0.15) is 0 Å². The number of H-pyrrole nitrogens is 1. The van der Waals surface area contributed by atoms with Gasteiger partial charge in [0.05, 0.1) is 5.69 Å². The number of hydrogen-bond donors (Lipinski definition) is 1.